The van der Waals surface area contributed by atoms with Gasteiger partial charge in [-0.25, -0.2) is 14.6 Å². The van der Waals surface area contributed by atoms with E-state index in [-0.39, 0.29) is 5.91 Å². The van der Waals surface area contributed by atoms with E-state index in [0.29, 0.717) is 33.6 Å². The molecule has 10 heteroatoms. The fourth-order valence-corrected chi connectivity index (χ4v) is 2.92. The Kier molecular flexibility index (Phi) is 4.58. The van der Waals surface area contributed by atoms with E-state index in [0.717, 1.165) is 5.69 Å². The lowest BCUT2D eigenvalue weighted by Gasteiger charge is -2.08. The molecule has 0 aromatic carbocycles. The lowest BCUT2D eigenvalue weighted by molar-refractivity contribution is 0.102. The fourth-order valence-electron chi connectivity index (χ4n) is 2.68. The van der Waals surface area contributed by atoms with Gasteiger partial charge in [0, 0.05) is 5.69 Å². The summed E-state index contributed by atoms with van der Waals surface area (Å²) >= 11 is 6.24. The fraction of sp³-hybridized carbons (Fsp3) is 0.111. The molecular formula is C18H15ClN8O. The highest BCUT2D eigenvalue weighted by molar-refractivity contribution is 6.32. The number of hydrogen-bond acceptors (Lipinski definition) is 6. The zero-order valence-electron chi connectivity index (χ0n) is 15.0. The Hall–Kier alpha value is -3.59. The summed E-state index contributed by atoms with van der Waals surface area (Å²) in [7, 11) is 0. The van der Waals surface area contributed by atoms with Gasteiger partial charge in [0.15, 0.2) is 11.6 Å². The first-order valence-electron chi connectivity index (χ1n) is 8.35. The maximum absolute atomic E-state index is 12.7. The van der Waals surface area contributed by atoms with Gasteiger partial charge in [-0.1, -0.05) is 17.7 Å². The van der Waals surface area contributed by atoms with Crippen LogP contribution in [0.1, 0.15) is 21.7 Å². The number of aromatic nitrogens is 7. The van der Waals surface area contributed by atoms with Gasteiger partial charge < -0.3 is 5.32 Å². The predicted octanol–water partition coefficient (Wildman–Crippen LogP) is 2.77. The number of anilines is 1. The van der Waals surface area contributed by atoms with E-state index in [1.54, 1.807) is 10.7 Å². The summed E-state index contributed by atoms with van der Waals surface area (Å²) in [4.78, 5) is 22.6. The Balaban J connectivity index is 1.57. The number of nitrogens with zero attached hydrogens (tertiary/aromatic N) is 7. The lowest BCUT2D eigenvalue weighted by atomic mass is 10.2. The molecule has 4 aromatic rings. The van der Waals surface area contributed by atoms with Crippen LogP contribution in [-0.4, -0.2) is 40.6 Å². The number of carbonyl (C=O) groups excluding carboxylic acids is 1. The van der Waals surface area contributed by atoms with E-state index in [2.05, 4.69) is 30.6 Å². The zero-order chi connectivity index (χ0) is 19.7. The molecule has 4 rings (SSSR count). The summed E-state index contributed by atoms with van der Waals surface area (Å²) in [5.41, 5.74) is 2.42. The van der Waals surface area contributed by atoms with Gasteiger partial charge in [-0.05, 0) is 32.0 Å². The first-order chi connectivity index (χ1) is 13.5. The Morgan fingerprint density at radius 1 is 1.11 bits per heavy atom. The van der Waals surface area contributed by atoms with Gasteiger partial charge in [-0.3, -0.25) is 4.79 Å². The highest BCUT2D eigenvalue weighted by Crippen LogP contribution is 2.22. The number of rotatable bonds is 4. The molecule has 1 amide bonds. The number of nitrogens with one attached hydrogen (secondary N) is 1. The number of halogens is 1. The minimum atomic E-state index is -0.320. The second kappa shape index (κ2) is 7.20. The molecular weight excluding hydrogens is 380 g/mol. The van der Waals surface area contributed by atoms with Gasteiger partial charge in [0.05, 0.1) is 46.8 Å². The molecule has 9 nitrogen and oxygen atoms in total. The van der Waals surface area contributed by atoms with Crippen molar-refractivity contribution in [1.29, 1.82) is 0 Å². The molecule has 0 bridgehead atoms. The van der Waals surface area contributed by atoms with E-state index in [1.165, 1.54) is 29.6 Å². The second-order valence-corrected chi connectivity index (χ2v) is 6.40. The second-order valence-electron chi connectivity index (χ2n) is 5.99. The van der Waals surface area contributed by atoms with E-state index < -0.39 is 0 Å². The Labute approximate surface area is 165 Å². The SMILES string of the molecule is Cc1cccc(-n2ncc(C(=O)Nc3cnc(-n4nccn4)c(Cl)c3)c2C)n1. The first kappa shape index (κ1) is 17.8. The molecule has 0 saturated heterocycles. The van der Waals surface area contributed by atoms with Crippen LogP contribution in [0.3, 0.4) is 0 Å². The molecule has 0 aliphatic rings. The van der Waals surface area contributed by atoms with Gasteiger partial charge >= 0.3 is 0 Å². The first-order valence-corrected chi connectivity index (χ1v) is 8.73. The van der Waals surface area contributed by atoms with Crippen molar-refractivity contribution >= 4 is 23.2 Å². The average Bonchev–Trinajstić information content (AvgIpc) is 3.31. The van der Waals surface area contributed by atoms with Crippen LogP contribution in [-0.2, 0) is 0 Å². The summed E-state index contributed by atoms with van der Waals surface area (Å²) in [6, 6.07) is 7.21. The molecule has 0 aliphatic carbocycles. The third-order valence-corrected chi connectivity index (χ3v) is 4.31. The van der Waals surface area contributed by atoms with Crippen LogP contribution in [0, 0.1) is 13.8 Å². The molecule has 28 heavy (non-hydrogen) atoms. The van der Waals surface area contributed by atoms with Gasteiger partial charge in [0.25, 0.3) is 5.91 Å². The van der Waals surface area contributed by atoms with Crippen molar-refractivity contribution in [2.75, 3.05) is 5.32 Å². The summed E-state index contributed by atoms with van der Waals surface area (Å²) in [6.45, 7) is 3.71. The summed E-state index contributed by atoms with van der Waals surface area (Å²) in [6.07, 6.45) is 6.05. The van der Waals surface area contributed by atoms with Crippen molar-refractivity contribution in [1.82, 2.24) is 34.7 Å². The number of carbonyl (C=O) groups is 1. The molecule has 1 N–H and O–H groups in total. The maximum Gasteiger partial charge on any atom is 0.259 e. The van der Waals surface area contributed by atoms with Crippen molar-refractivity contribution in [2.24, 2.45) is 0 Å². The van der Waals surface area contributed by atoms with Gasteiger partial charge in [0.2, 0.25) is 0 Å². The van der Waals surface area contributed by atoms with Crippen LogP contribution < -0.4 is 5.32 Å². The monoisotopic (exact) mass is 394 g/mol. The standard InChI is InChI=1S/C18H15ClN8O/c1-11-4-3-5-16(24-11)26-12(2)14(10-23-26)18(28)25-13-8-15(19)17(20-9-13)27-21-6-7-22-27/h3-10H,1-2H3,(H,25,28). The van der Waals surface area contributed by atoms with E-state index in [4.69, 9.17) is 11.6 Å². The zero-order valence-corrected chi connectivity index (χ0v) is 15.8. The number of hydrogen-bond donors (Lipinski definition) is 1. The van der Waals surface area contributed by atoms with Crippen LogP contribution in [0.5, 0.6) is 0 Å². The molecule has 140 valence electrons. The van der Waals surface area contributed by atoms with Crippen LogP contribution in [0.4, 0.5) is 5.69 Å². The van der Waals surface area contributed by atoms with Gasteiger partial charge in [-0.2, -0.15) is 15.3 Å². The molecule has 0 radical (unpaired) electrons. The molecule has 0 atom stereocenters. The Bertz CT molecular complexity index is 1150. The Morgan fingerprint density at radius 2 is 1.89 bits per heavy atom. The van der Waals surface area contributed by atoms with Crippen molar-refractivity contribution in [2.45, 2.75) is 13.8 Å². The summed E-state index contributed by atoms with van der Waals surface area (Å²) in [5, 5.41) is 15.4. The highest BCUT2D eigenvalue weighted by Gasteiger charge is 2.17. The largest absolute Gasteiger partial charge is 0.320 e. The van der Waals surface area contributed by atoms with Crippen LogP contribution in [0.25, 0.3) is 11.6 Å². The van der Waals surface area contributed by atoms with E-state index >= 15 is 0 Å². The van der Waals surface area contributed by atoms with Gasteiger partial charge in [-0.15, -0.1) is 4.80 Å². The van der Waals surface area contributed by atoms with Crippen molar-refractivity contribution in [3.8, 4) is 11.6 Å². The molecule has 0 saturated carbocycles. The summed E-state index contributed by atoms with van der Waals surface area (Å²) < 4.78 is 1.62. The normalized spacial score (nSPS) is 10.8. The minimum Gasteiger partial charge on any atom is -0.320 e. The maximum atomic E-state index is 12.7. The third kappa shape index (κ3) is 3.35. The van der Waals surface area contributed by atoms with Crippen molar-refractivity contribution < 1.29 is 4.79 Å². The van der Waals surface area contributed by atoms with Crippen LogP contribution >= 0.6 is 11.6 Å². The van der Waals surface area contributed by atoms with Gasteiger partial charge in [0.1, 0.15) is 0 Å². The molecule has 0 aliphatic heterocycles. The molecule has 0 fully saturated rings. The van der Waals surface area contributed by atoms with E-state index in [1.807, 2.05) is 32.0 Å². The van der Waals surface area contributed by atoms with Crippen LogP contribution in [0.2, 0.25) is 5.02 Å². The van der Waals surface area contributed by atoms with Crippen LogP contribution in [0.15, 0.2) is 49.1 Å². The lowest BCUT2D eigenvalue weighted by Crippen LogP contribution is -2.14. The Morgan fingerprint density at radius 3 is 2.61 bits per heavy atom. The number of pyridine rings is 2. The number of amides is 1. The summed E-state index contributed by atoms with van der Waals surface area (Å²) in [5.74, 6) is 0.704. The average molecular weight is 395 g/mol. The van der Waals surface area contributed by atoms with Crippen molar-refractivity contribution in [3.63, 3.8) is 0 Å². The molecule has 4 heterocycles. The third-order valence-electron chi connectivity index (χ3n) is 4.03. The minimum absolute atomic E-state index is 0.311. The van der Waals surface area contributed by atoms with Crippen molar-refractivity contribution in [3.05, 3.63) is 71.0 Å². The highest BCUT2D eigenvalue weighted by atomic mass is 35.5. The predicted molar refractivity (Wildman–Crippen MR) is 103 cm³/mol. The molecule has 4 aromatic heterocycles. The number of aryl methyl sites for hydroxylation is 1. The molecule has 0 spiro atoms. The topological polar surface area (TPSA) is 103 Å². The quantitative estimate of drug-likeness (QED) is 0.570. The smallest absolute Gasteiger partial charge is 0.259 e. The van der Waals surface area contributed by atoms with E-state index in [9.17, 15) is 4.79 Å². The molecule has 0 unspecified atom stereocenters.